The Kier molecular flexibility index (Phi) is 3.11. The fourth-order valence-electron chi connectivity index (χ4n) is 1.20. The Balaban J connectivity index is 2.95. The molecule has 14 heavy (non-hydrogen) atoms. The molecule has 0 saturated heterocycles. The third-order valence-electron chi connectivity index (χ3n) is 2.28. The first-order valence-electron chi connectivity index (χ1n) is 4.10. The molecule has 1 aliphatic rings. The normalized spacial score (nSPS) is 22.4. The summed E-state index contributed by atoms with van der Waals surface area (Å²) in [7, 11) is 0. The van der Waals surface area contributed by atoms with Crippen molar-refractivity contribution >= 4 is 15.9 Å². The van der Waals surface area contributed by atoms with Crippen LogP contribution in [-0.4, -0.2) is 16.9 Å². The molecular weight excluding hydrogens is 261 g/mol. The van der Waals surface area contributed by atoms with E-state index >= 15 is 0 Å². The van der Waals surface area contributed by atoms with Crippen molar-refractivity contribution in [1.82, 2.24) is 0 Å². The Hall–Kier alpha value is -0.290. The van der Waals surface area contributed by atoms with Crippen molar-refractivity contribution in [1.29, 1.82) is 0 Å². The zero-order valence-corrected chi connectivity index (χ0v) is 9.11. The summed E-state index contributed by atoms with van der Waals surface area (Å²) in [5.74, 6) is 0. The van der Waals surface area contributed by atoms with Crippen LogP contribution in [0.1, 0.15) is 19.8 Å². The molecule has 0 spiro atoms. The summed E-state index contributed by atoms with van der Waals surface area (Å²) in [6, 6.07) is 0. The first-order chi connectivity index (χ1) is 6.25. The zero-order valence-electron chi connectivity index (χ0n) is 7.53. The molecule has 80 valence electrons. The molecule has 5 heteroatoms. The molecule has 1 unspecified atom stereocenters. The second kappa shape index (κ2) is 3.70. The highest BCUT2D eigenvalue weighted by atomic mass is 79.9. The first-order valence-corrected chi connectivity index (χ1v) is 4.89. The molecule has 0 aliphatic heterocycles. The van der Waals surface area contributed by atoms with E-state index in [1.807, 2.05) is 0 Å². The summed E-state index contributed by atoms with van der Waals surface area (Å²) in [6.07, 6.45) is -1.03. The second-order valence-corrected chi connectivity index (χ2v) is 4.39. The fraction of sp³-hybridized carbons (Fsp3) is 0.556. The van der Waals surface area contributed by atoms with Gasteiger partial charge in [-0.2, -0.15) is 13.2 Å². The number of rotatable bonds is 1. The molecule has 1 N–H and O–H groups in total. The van der Waals surface area contributed by atoms with Crippen molar-refractivity contribution < 1.29 is 18.3 Å². The molecule has 0 saturated carbocycles. The Bertz CT molecular complexity index is 289. The number of alkyl halides is 3. The van der Waals surface area contributed by atoms with Gasteiger partial charge in [-0.15, -0.1) is 0 Å². The minimum Gasteiger partial charge on any atom is -0.377 e. The smallest absolute Gasteiger partial charge is 0.377 e. The standard InChI is InChI=1S/C9H10BrF3O/c1-8(14,9(11,12)13)6-2-4-7(10)5-3-6/h2,4,14H,3,5H2,1H3. The molecule has 0 aromatic heterocycles. The largest absolute Gasteiger partial charge is 0.420 e. The maximum absolute atomic E-state index is 12.4. The Labute approximate surface area is 88.4 Å². The van der Waals surface area contributed by atoms with Gasteiger partial charge in [0, 0.05) is 0 Å². The van der Waals surface area contributed by atoms with Crippen molar-refractivity contribution in [3.8, 4) is 0 Å². The van der Waals surface area contributed by atoms with Gasteiger partial charge in [0.05, 0.1) is 0 Å². The number of halogens is 4. The molecule has 0 aromatic rings. The van der Waals surface area contributed by atoms with Crippen LogP contribution >= 0.6 is 15.9 Å². The highest BCUT2D eigenvalue weighted by Gasteiger charge is 2.52. The van der Waals surface area contributed by atoms with Crippen molar-refractivity contribution in [3.63, 3.8) is 0 Å². The second-order valence-electron chi connectivity index (χ2n) is 3.38. The number of allylic oxidation sites excluding steroid dienone is 3. The summed E-state index contributed by atoms with van der Waals surface area (Å²) in [5.41, 5.74) is -2.70. The number of hydrogen-bond donors (Lipinski definition) is 1. The first kappa shape index (κ1) is 11.8. The lowest BCUT2D eigenvalue weighted by Crippen LogP contribution is -2.44. The lowest BCUT2D eigenvalue weighted by atomic mass is 9.89. The van der Waals surface area contributed by atoms with Crippen LogP contribution < -0.4 is 0 Å². The SMILES string of the molecule is CC(O)(C1=CC=C(Br)CC1)C(F)(F)F. The van der Waals surface area contributed by atoms with E-state index in [-0.39, 0.29) is 12.0 Å². The van der Waals surface area contributed by atoms with Crippen molar-refractivity contribution in [3.05, 3.63) is 22.2 Å². The van der Waals surface area contributed by atoms with Gasteiger partial charge in [0.2, 0.25) is 0 Å². The lowest BCUT2D eigenvalue weighted by Gasteiger charge is -2.30. The maximum atomic E-state index is 12.4. The van der Waals surface area contributed by atoms with Gasteiger partial charge < -0.3 is 5.11 Å². The Morgan fingerprint density at radius 1 is 1.29 bits per heavy atom. The molecule has 0 radical (unpaired) electrons. The van der Waals surface area contributed by atoms with Crippen molar-refractivity contribution in [2.24, 2.45) is 0 Å². The summed E-state index contributed by atoms with van der Waals surface area (Å²) >= 11 is 3.19. The molecule has 0 aromatic carbocycles. The third-order valence-corrected chi connectivity index (χ3v) is 2.94. The zero-order chi connectivity index (χ0) is 11.0. The quantitative estimate of drug-likeness (QED) is 0.775. The molecule has 1 atom stereocenters. The fourth-order valence-corrected chi connectivity index (χ4v) is 1.53. The van der Waals surface area contributed by atoms with Crippen LogP contribution in [-0.2, 0) is 0 Å². The van der Waals surface area contributed by atoms with E-state index in [0.29, 0.717) is 6.42 Å². The topological polar surface area (TPSA) is 20.2 Å². The summed E-state index contributed by atoms with van der Waals surface area (Å²) in [5, 5.41) is 9.32. The van der Waals surface area contributed by atoms with Crippen LogP contribution in [0.3, 0.4) is 0 Å². The molecular formula is C9H10BrF3O. The summed E-state index contributed by atoms with van der Waals surface area (Å²) in [6.45, 7) is 0.784. The average Bonchev–Trinajstić information content (AvgIpc) is 2.03. The Morgan fingerprint density at radius 3 is 2.21 bits per heavy atom. The number of aliphatic hydroxyl groups is 1. The minimum absolute atomic E-state index is 0.00759. The van der Waals surface area contributed by atoms with E-state index in [9.17, 15) is 18.3 Å². The van der Waals surface area contributed by atoms with Gasteiger partial charge in [0.25, 0.3) is 0 Å². The van der Waals surface area contributed by atoms with Crippen LogP contribution in [0.2, 0.25) is 0 Å². The van der Waals surface area contributed by atoms with Crippen molar-refractivity contribution in [2.75, 3.05) is 0 Å². The number of hydrogen-bond acceptors (Lipinski definition) is 1. The van der Waals surface area contributed by atoms with Crippen LogP contribution in [0.15, 0.2) is 22.2 Å². The lowest BCUT2D eigenvalue weighted by molar-refractivity contribution is -0.237. The van der Waals surface area contributed by atoms with E-state index < -0.39 is 11.8 Å². The van der Waals surface area contributed by atoms with Crippen LogP contribution in [0.4, 0.5) is 13.2 Å². The monoisotopic (exact) mass is 270 g/mol. The highest BCUT2D eigenvalue weighted by molar-refractivity contribution is 9.11. The van der Waals surface area contributed by atoms with Crippen LogP contribution in [0.25, 0.3) is 0 Å². The van der Waals surface area contributed by atoms with Gasteiger partial charge in [0.15, 0.2) is 5.60 Å². The van der Waals surface area contributed by atoms with E-state index in [1.54, 1.807) is 6.08 Å². The predicted molar refractivity (Wildman–Crippen MR) is 51.0 cm³/mol. The van der Waals surface area contributed by atoms with E-state index in [4.69, 9.17) is 0 Å². The third kappa shape index (κ3) is 2.20. The van der Waals surface area contributed by atoms with E-state index in [1.165, 1.54) is 6.08 Å². The van der Waals surface area contributed by atoms with Crippen LogP contribution in [0, 0.1) is 0 Å². The molecule has 0 heterocycles. The molecule has 1 rings (SSSR count). The average molecular weight is 271 g/mol. The molecule has 1 aliphatic carbocycles. The predicted octanol–water partition coefficient (Wildman–Crippen LogP) is 3.30. The summed E-state index contributed by atoms with van der Waals surface area (Å²) < 4.78 is 38.0. The summed E-state index contributed by atoms with van der Waals surface area (Å²) in [4.78, 5) is 0. The molecule has 0 bridgehead atoms. The Morgan fingerprint density at radius 2 is 1.86 bits per heavy atom. The molecule has 1 nitrogen and oxygen atoms in total. The van der Waals surface area contributed by atoms with Gasteiger partial charge in [-0.1, -0.05) is 28.1 Å². The van der Waals surface area contributed by atoms with Gasteiger partial charge in [-0.25, -0.2) is 0 Å². The van der Waals surface area contributed by atoms with Gasteiger partial charge in [0.1, 0.15) is 0 Å². The van der Waals surface area contributed by atoms with Crippen LogP contribution in [0.5, 0.6) is 0 Å². The highest BCUT2D eigenvalue weighted by Crippen LogP contribution is 2.39. The van der Waals surface area contributed by atoms with Crippen molar-refractivity contribution in [2.45, 2.75) is 31.5 Å². The van der Waals surface area contributed by atoms with Gasteiger partial charge >= 0.3 is 6.18 Å². The molecule has 0 amide bonds. The van der Waals surface area contributed by atoms with E-state index in [2.05, 4.69) is 15.9 Å². The van der Waals surface area contributed by atoms with Gasteiger partial charge in [-0.05, 0) is 29.8 Å². The maximum Gasteiger partial charge on any atom is 0.420 e. The van der Waals surface area contributed by atoms with E-state index in [0.717, 1.165) is 11.4 Å². The van der Waals surface area contributed by atoms with Gasteiger partial charge in [-0.3, -0.25) is 0 Å². The molecule has 0 fully saturated rings. The minimum atomic E-state index is -4.61.